The summed E-state index contributed by atoms with van der Waals surface area (Å²) in [7, 11) is 1.56. The van der Waals surface area contributed by atoms with E-state index in [4.69, 9.17) is 16.3 Å². The molecule has 1 heterocycles. The van der Waals surface area contributed by atoms with Crippen LogP contribution in [-0.4, -0.2) is 38.1 Å². The monoisotopic (exact) mass is 359 g/mol. The number of fused-ring (bicyclic) bond motifs is 1. The van der Waals surface area contributed by atoms with Crippen molar-refractivity contribution in [1.82, 2.24) is 5.32 Å². The number of hydrogen-bond donors (Lipinski definition) is 2. The third-order valence-corrected chi connectivity index (χ3v) is 4.11. The van der Waals surface area contributed by atoms with Gasteiger partial charge in [0.25, 0.3) is 5.91 Å². The average molecular weight is 360 g/mol. The lowest BCUT2D eigenvalue weighted by Crippen LogP contribution is -2.50. The summed E-state index contributed by atoms with van der Waals surface area (Å²) in [5, 5.41) is 6.01. The fourth-order valence-electron chi connectivity index (χ4n) is 2.66. The summed E-state index contributed by atoms with van der Waals surface area (Å²) in [6.45, 7) is 0.404. The van der Waals surface area contributed by atoms with Crippen LogP contribution in [-0.2, 0) is 9.59 Å². The van der Waals surface area contributed by atoms with Crippen molar-refractivity contribution in [3.05, 3.63) is 53.6 Å². The molecule has 0 fully saturated rings. The molecule has 25 heavy (non-hydrogen) atoms. The Morgan fingerprint density at radius 3 is 2.64 bits per heavy atom. The Bertz CT molecular complexity index is 779. The van der Waals surface area contributed by atoms with Crippen molar-refractivity contribution in [2.24, 2.45) is 0 Å². The van der Waals surface area contributed by atoms with E-state index in [0.29, 0.717) is 23.0 Å². The number of carbonyl (C=O) groups is 2. The first-order chi connectivity index (χ1) is 12.1. The van der Waals surface area contributed by atoms with Gasteiger partial charge in [0, 0.05) is 17.8 Å². The van der Waals surface area contributed by atoms with Crippen molar-refractivity contribution >= 4 is 34.8 Å². The summed E-state index contributed by atoms with van der Waals surface area (Å²) >= 11 is 5.85. The van der Waals surface area contributed by atoms with Crippen LogP contribution in [0.15, 0.2) is 48.5 Å². The topological polar surface area (TPSA) is 70.7 Å². The van der Waals surface area contributed by atoms with Crippen molar-refractivity contribution < 1.29 is 14.3 Å². The number of ether oxygens (including phenoxy) is 1. The van der Waals surface area contributed by atoms with E-state index in [1.807, 2.05) is 23.1 Å². The molecule has 7 heteroatoms. The number of carbonyl (C=O) groups excluding carboxylic acids is 2. The Morgan fingerprint density at radius 2 is 1.92 bits per heavy atom. The maximum absolute atomic E-state index is 12.4. The number of amides is 2. The molecular weight excluding hydrogens is 342 g/mol. The van der Waals surface area contributed by atoms with E-state index >= 15 is 0 Å². The van der Waals surface area contributed by atoms with Gasteiger partial charge in [-0.3, -0.25) is 9.59 Å². The van der Waals surface area contributed by atoms with Crippen molar-refractivity contribution in [1.29, 1.82) is 0 Å². The van der Waals surface area contributed by atoms with E-state index in [1.165, 1.54) is 0 Å². The largest absolute Gasteiger partial charge is 0.477 e. The van der Waals surface area contributed by atoms with Crippen LogP contribution in [0.25, 0.3) is 0 Å². The quantitative estimate of drug-likeness (QED) is 0.878. The highest BCUT2D eigenvalue weighted by Gasteiger charge is 2.30. The fraction of sp³-hybridized carbons (Fsp3) is 0.222. The van der Waals surface area contributed by atoms with E-state index in [2.05, 4.69) is 10.6 Å². The molecule has 0 saturated heterocycles. The maximum atomic E-state index is 12.4. The lowest BCUT2D eigenvalue weighted by molar-refractivity contribution is -0.127. The predicted molar refractivity (Wildman–Crippen MR) is 97.2 cm³/mol. The Morgan fingerprint density at radius 1 is 1.20 bits per heavy atom. The molecule has 1 aliphatic heterocycles. The van der Waals surface area contributed by atoms with Gasteiger partial charge >= 0.3 is 0 Å². The van der Waals surface area contributed by atoms with Crippen LogP contribution in [0.1, 0.15) is 0 Å². The van der Waals surface area contributed by atoms with Crippen molar-refractivity contribution in [3.63, 3.8) is 0 Å². The summed E-state index contributed by atoms with van der Waals surface area (Å²) in [5.74, 6) is 0.175. The molecule has 130 valence electrons. The third kappa shape index (κ3) is 4.03. The molecular formula is C18H18ClN3O3. The molecule has 0 aliphatic carbocycles. The van der Waals surface area contributed by atoms with Gasteiger partial charge < -0.3 is 20.3 Å². The zero-order chi connectivity index (χ0) is 17.8. The Labute approximate surface area is 150 Å². The van der Waals surface area contributed by atoms with Crippen LogP contribution >= 0.6 is 11.6 Å². The molecule has 2 aromatic carbocycles. The lowest BCUT2D eigenvalue weighted by atomic mass is 10.1. The number of benzene rings is 2. The zero-order valence-electron chi connectivity index (χ0n) is 13.7. The van der Waals surface area contributed by atoms with Crippen molar-refractivity contribution in [3.8, 4) is 5.75 Å². The molecule has 1 atom stereocenters. The highest BCUT2D eigenvalue weighted by molar-refractivity contribution is 6.30. The molecule has 6 nitrogen and oxygen atoms in total. The Hall–Kier alpha value is -2.73. The lowest BCUT2D eigenvalue weighted by Gasteiger charge is -2.34. The third-order valence-electron chi connectivity index (χ3n) is 3.86. The first-order valence-corrected chi connectivity index (χ1v) is 8.22. The molecule has 0 saturated carbocycles. The van der Waals surface area contributed by atoms with Crippen LogP contribution in [0.4, 0.5) is 11.4 Å². The highest BCUT2D eigenvalue weighted by Crippen LogP contribution is 2.32. The summed E-state index contributed by atoms with van der Waals surface area (Å²) in [6.07, 6.45) is -0.664. The van der Waals surface area contributed by atoms with Gasteiger partial charge in [-0.05, 0) is 36.4 Å². The van der Waals surface area contributed by atoms with Gasteiger partial charge in [0.05, 0.1) is 18.8 Å². The SMILES string of the molecule is CNC(=O)[C@H]1CN(CC(=O)Nc2ccc(Cl)cc2)c2ccccc2O1. The predicted octanol–water partition coefficient (Wildman–Crippen LogP) is 2.29. The van der Waals surface area contributed by atoms with Crippen LogP contribution in [0.5, 0.6) is 5.75 Å². The van der Waals surface area contributed by atoms with Crippen molar-refractivity contribution in [2.45, 2.75) is 6.10 Å². The number of para-hydroxylation sites is 2. The summed E-state index contributed by atoms with van der Waals surface area (Å²) < 4.78 is 5.73. The van der Waals surface area contributed by atoms with E-state index in [1.54, 1.807) is 37.4 Å². The second-order valence-corrected chi connectivity index (χ2v) is 6.06. The second kappa shape index (κ2) is 7.44. The number of likely N-dealkylation sites (N-methyl/N-ethyl adjacent to an activating group) is 1. The van der Waals surface area contributed by atoms with Crippen molar-refractivity contribution in [2.75, 3.05) is 30.4 Å². The van der Waals surface area contributed by atoms with Gasteiger partial charge in [-0.15, -0.1) is 0 Å². The second-order valence-electron chi connectivity index (χ2n) is 5.62. The summed E-state index contributed by atoms with van der Waals surface area (Å²) in [6, 6.07) is 14.2. The minimum atomic E-state index is -0.664. The Kier molecular flexibility index (Phi) is 5.09. The molecule has 0 spiro atoms. The molecule has 0 radical (unpaired) electrons. The number of halogens is 1. The van der Waals surface area contributed by atoms with Crippen LogP contribution in [0.2, 0.25) is 5.02 Å². The molecule has 1 aliphatic rings. The average Bonchev–Trinajstić information content (AvgIpc) is 2.62. The fourth-order valence-corrected chi connectivity index (χ4v) is 2.79. The van der Waals surface area contributed by atoms with Gasteiger partial charge in [-0.2, -0.15) is 0 Å². The smallest absolute Gasteiger partial charge is 0.262 e. The molecule has 0 unspecified atom stereocenters. The molecule has 0 aromatic heterocycles. The molecule has 3 rings (SSSR count). The minimum Gasteiger partial charge on any atom is -0.477 e. The summed E-state index contributed by atoms with van der Waals surface area (Å²) in [4.78, 5) is 26.2. The van der Waals surface area contributed by atoms with Gasteiger partial charge in [0.2, 0.25) is 5.91 Å². The van der Waals surface area contributed by atoms with E-state index < -0.39 is 6.10 Å². The first kappa shape index (κ1) is 17.1. The van der Waals surface area contributed by atoms with E-state index in [9.17, 15) is 9.59 Å². The van der Waals surface area contributed by atoms with Gasteiger partial charge in [0.15, 0.2) is 6.10 Å². The maximum Gasteiger partial charge on any atom is 0.262 e. The van der Waals surface area contributed by atoms with Gasteiger partial charge in [-0.25, -0.2) is 0 Å². The van der Waals surface area contributed by atoms with Crippen LogP contribution in [0.3, 0.4) is 0 Å². The first-order valence-electron chi connectivity index (χ1n) is 7.84. The normalized spacial score (nSPS) is 15.8. The number of nitrogens with zero attached hydrogens (tertiary/aromatic N) is 1. The Balaban J connectivity index is 1.74. The molecule has 0 bridgehead atoms. The van der Waals surface area contributed by atoms with Gasteiger partial charge in [0.1, 0.15) is 5.75 Å². The van der Waals surface area contributed by atoms with E-state index in [-0.39, 0.29) is 18.4 Å². The minimum absolute atomic E-state index is 0.108. The number of nitrogens with one attached hydrogen (secondary N) is 2. The summed E-state index contributed by atoms with van der Waals surface area (Å²) in [5.41, 5.74) is 1.45. The number of anilines is 2. The number of rotatable bonds is 4. The van der Waals surface area contributed by atoms with Crippen LogP contribution in [0, 0.1) is 0 Å². The molecule has 2 N–H and O–H groups in total. The number of hydrogen-bond acceptors (Lipinski definition) is 4. The highest BCUT2D eigenvalue weighted by atomic mass is 35.5. The standard InChI is InChI=1S/C18H18ClN3O3/c1-20-18(24)16-10-22(14-4-2-3-5-15(14)25-16)11-17(23)21-13-8-6-12(19)7-9-13/h2-9,16H,10-11H2,1H3,(H,20,24)(H,21,23)/t16-/m1/s1. The van der Waals surface area contributed by atoms with E-state index in [0.717, 1.165) is 5.69 Å². The molecule has 2 aromatic rings. The van der Waals surface area contributed by atoms with Gasteiger partial charge in [-0.1, -0.05) is 23.7 Å². The van der Waals surface area contributed by atoms with Crippen LogP contribution < -0.4 is 20.3 Å². The molecule has 2 amide bonds. The zero-order valence-corrected chi connectivity index (χ0v) is 14.4.